The van der Waals surface area contributed by atoms with Crippen LogP contribution in [-0.4, -0.2) is 89.8 Å². The van der Waals surface area contributed by atoms with Crippen molar-refractivity contribution in [2.24, 2.45) is 14.1 Å². The molecule has 300 valence electrons. The number of carboxylic acid groups (broad SMARTS) is 2. The summed E-state index contributed by atoms with van der Waals surface area (Å²) < 4.78 is 84.4. The lowest BCUT2D eigenvalue weighted by Gasteiger charge is -2.10. The maximum absolute atomic E-state index is 14.2. The number of carbonyl (C=O) groups excluding carboxylic acids is 1. The summed E-state index contributed by atoms with van der Waals surface area (Å²) in [6, 6.07) is 5.71. The van der Waals surface area contributed by atoms with Crippen molar-refractivity contribution in [2.75, 3.05) is 7.05 Å². The van der Waals surface area contributed by atoms with Crippen molar-refractivity contribution in [3.63, 3.8) is 0 Å². The predicted octanol–water partition coefficient (Wildman–Crippen LogP) is 3.87. The lowest BCUT2D eigenvalue weighted by atomic mass is 10.2. The second-order valence-electron chi connectivity index (χ2n) is 11.2. The minimum absolute atomic E-state index is 0.00215. The van der Waals surface area contributed by atoms with Gasteiger partial charge in [0.25, 0.3) is 20.0 Å². The third-order valence-corrected chi connectivity index (χ3v) is 11.3. The number of nitrogens with zero attached hydrogens (tertiary/aromatic N) is 8. The summed E-state index contributed by atoms with van der Waals surface area (Å²) in [5.74, 6) is -4.22. The number of carboxylic acids is 2. The number of carbonyl (C=O) groups is 3. The second-order valence-corrected chi connectivity index (χ2v) is 15.6. The average Bonchev–Trinajstić information content (AvgIpc) is 3.95. The standard InChI is InChI=1S/C15H15ClFN5O2S.C14H10ClFN4O3S.C4H4O4/c1-18-6-10-8-22(25(23,24)11-7-20-21(2)9-11)14(13(10)16)12-4-3-5-19-15(12)17;1-19-7-10(5-18-19)24(22,23)20-6-9(8-21)12(15)13(20)11-3-2-4-17-14(11)16;5-3(6)1-2-4(7)8/h3-5,7-9,18H,6H2,1-2H3;2-8H,1H3;1-2H,(H,5,6)(H,7,8). The molecule has 24 heteroatoms. The molecule has 0 radical (unpaired) electrons. The molecule has 6 heterocycles. The summed E-state index contributed by atoms with van der Waals surface area (Å²) in [5, 5.41) is 26.2. The molecule has 0 spiro atoms. The van der Waals surface area contributed by atoms with E-state index in [0.717, 1.165) is 20.3 Å². The molecule has 3 N–H and O–H groups in total. The van der Waals surface area contributed by atoms with Crippen LogP contribution in [0.1, 0.15) is 15.9 Å². The maximum atomic E-state index is 14.2. The number of hydrogen-bond donors (Lipinski definition) is 3. The van der Waals surface area contributed by atoms with Gasteiger partial charge in [0.1, 0.15) is 9.79 Å². The number of pyridine rings is 2. The summed E-state index contributed by atoms with van der Waals surface area (Å²) in [5.41, 5.74) is 0.164. The molecule has 0 saturated carbocycles. The Morgan fingerprint density at radius 2 is 1.21 bits per heavy atom. The minimum atomic E-state index is -4.13. The fourth-order valence-electron chi connectivity index (χ4n) is 4.80. The number of rotatable bonds is 11. The SMILES string of the molecule is CNCc1cn(S(=O)(=O)c2cnn(C)c2)c(-c2cccnc2F)c1Cl.Cn1cc(S(=O)(=O)n2cc(C=O)c(Cl)c2-c2cccnc2F)cn1.O=C(O)C=CC(=O)O. The number of nitrogens with one attached hydrogen (secondary N) is 1. The van der Waals surface area contributed by atoms with Gasteiger partial charge in [0.15, 0.2) is 6.29 Å². The van der Waals surface area contributed by atoms with Crippen molar-refractivity contribution in [1.82, 2.24) is 42.8 Å². The Hall–Kier alpha value is -6.07. The van der Waals surface area contributed by atoms with Crippen LogP contribution in [0.2, 0.25) is 10.0 Å². The Morgan fingerprint density at radius 3 is 1.58 bits per heavy atom. The van der Waals surface area contributed by atoms with Crippen LogP contribution in [0.4, 0.5) is 8.78 Å². The highest BCUT2D eigenvalue weighted by Crippen LogP contribution is 2.37. The van der Waals surface area contributed by atoms with Crippen LogP contribution in [0.15, 0.2) is 95.8 Å². The summed E-state index contributed by atoms with van der Waals surface area (Å²) in [7, 11) is -3.27. The van der Waals surface area contributed by atoms with Gasteiger partial charge in [0.05, 0.1) is 50.5 Å². The Balaban J connectivity index is 0.000000213. The molecule has 0 amide bonds. The van der Waals surface area contributed by atoms with Crippen molar-refractivity contribution < 1.29 is 50.2 Å². The van der Waals surface area contributed by atoms with Crippen LogP contribution in [0, 0.1) is 11.9 Å². The molecule has 0 aliphatic heterocycles. The van der Waals surface area contributed by atoms with E-state index in [4.69, 9.17) is 33.4 Å². The number of aldehydes is 1. The van der Waals surface area contributed by atoms with E-state index in [1.165, 1.54) is 70.8 Å². The van der Waals surface area contributed by atoms with E-state index < -0.39 is 43.9 Å². The predicted molar refractivity (Wildman–Crippen MR) is 199 cm³/mol. The average molecular weight is 869 g/mol. The van der Waals surface area contributed by atoms with Crippen LogP contribution in [-0.2, 0) is 50.3 Å². The van der Waals surface area contributed by atoms with Gasteiger partial charge in [-0.3, -0.25) is 14.2 Å². The highest BCUT2D eigenvalue weighted by Gasteiger charge is 2.29. The van der Waals surface area contributed by atoms with Crippen LogP contribution < -0.4 is 5.32 Å². The summed E-state index contributed by atoms with van der Waals surface area (Å²) in [4.78, 5) is 37.2. The van der Waals surface area contributed by atoms with E-state index in [-0.39, 0.29) is 47.9 Å². The van der Waals surface area contributed by atoms with Crippen LogP contribution >= 0.6 is 23.2 Å². The van der Waals surface area contributed by atoms with Crippen LogP contribution in [0.25, 0.3) is 22.5 Å². The lowest BCUT2D eigenvalue weighted by Crippen LogP contribution is -2.13. The molecule has 0 aliphatic rings. The van der Waals surface area contributed by atoms with Crippen LogP contribution in [0.5, 0.6) is 0 Å². The fourth-order valence-corrected chi connectivity index (χ4v) is 8.26. The molecule has 6 aromatic heterocycles. The van der Waals surface area contributed by atoms with E-state index in [0.29, 0.717) is 30.5 Å². The Labute approximate surface area is 332 Å². The van der Waals surface area contributed by atoms with Crippen molar-refractivity contribution in [3.05, 3.63) is 119 Å². The molecule has 0 atom stereocenters. The number of hydrogen-bond acceptors (Lipinski definition) is 12. The molecule has 6 aromatic rings. The van der Waals surface area contributed by atoms with Gasteiger partial charge in [0, 0.05) is 75.5 Å². The Kier molecular flexibility index (Phi) is 14.0. The monoisotopic (exact) mass is 867 g/mol. The summed E-state index contributed by atoms with van der Waals surface area (Å²) in [6.07, 6.45) is 11.5. The Morgan fingerprint density at radius 1 is 0.772 bits per heavy atom. The molecule has 57 heavy (non-hydrogen) atoms. The fraction of sp³-hybridized carbons (Fsp3) is 0.121. The molecular formula is C33H29Cl2F2N9O9S2. The topological polar surface area (TPSA) is 243 Å². The zero-order valence-electron chi connectivity index (χ0n) is 29.5. The van der Waals surface area contributed by atoms with Gasteiger partial charge in [-0.05, 0) is 31.3 Å². The first-order chi connectivity index (χ1) is 26.8. The van der Waals surface area contributed by atoms with Gasteiger partial charge in [0.2, 0.25) is 11.9 Å². The highest BCUT2D eigenvalue weighted by atomic mass is 35.5. The van der Waals surface area contributed by atoms with E-state index >= 15 is 0 Å². The number of aryl methyl sites for hydroxylation is 2. The van der Waals surface area contributed by atoms with Crippen molar-refractivity contribution >= 4 is 61.5 Å². The van der Waals surface area contributed by atoms with E-state index in [1.807, 2.05) is 0 Å². The molecule has 0 bridgehead atoms. The smallest absolute Gasteiger partial charge is 0.328 e. The van der Waals surface area contributed by atoms with Gasteiger partial charge in [-0.25, -0.2) is 44.3 Å². The third kappa shape index (κ3) is 9.85. The van der Waals surface area contributed by atoms with Gasteiger partial charge >= 0.3 is 11.9 Å². The quantitative estimate of drug-likeness (QED) is 0.0952. The highest BCUT2D eigenvalue weighted by molar-refractivity contribution is 7.90. The summed E-state index contributed by atoms with van der Waals surface area (Å²) >= 11 is 12.5. The molecule has 0 aliphatic carbocycles. The first kappa shape index (κ1) is 43.7. The van der Waals surface area contributed by atoms with Crippen LogP contribution in [0.3, 0.4) is 0 Å². The van der Waals surface area contributed by atoms with Crippen molar-refractivity contribution in [1.29, 1.82) is 0 Å². The molecule has 0 unspecified atom stereocenters. The number of halogens is 4. The summed E-state index contributed by atoms with van der Waals surface area (Å²) in [6.45, 7) is 0.323. The molecular weight excluding hydrogens is 839 g/mol. The largest absolute Gasteiger partial charge is 0.478 e. The second kappa shape index (κ2) is 18.3. The van der Waals surface area contributed by atoms with E-state index in [2.05, 4.69) is 25.5 Å². The van der Waals surface area contributed by atoms with Crippen molar-refractivity contribution in [2.45, 2.75) is 16.3 Å². The molecule has 0 saturated heterocycles. The van der Waals surface area contributed by atoms with Gasteiger partial charge in [-0.15, -0.1) is 0 Å². The lowest BCUT2D eigenvalue weighted by molar-refractivity contribution is -0.134. The molecule has 6 rings (SSSR count). The zero-order valence-corrected chi connectivity index (χ0v) is 32.7. The Bertz CT molecular complexity index is 2690. The molecule has 0 aromatic carbocycles. The van der Waals surface area contributed by atoms with Gasteiger partial charge in [-0.1, -0.05) is 23.2 Å². The molecule has 0 fully saturated rings. The maximum Gasteiger partial charge on any atom is 0.328 e. The normalized spacial score (nSPS) is 11.4. The van der Waals surface area contributed by atoms with E-state index in [1.54, 1.807) is 21.1 Å². The number of aromatic nitrogens is 8. The number of aliphatic carboxylic acids is 2. The van der Waals surface area contributed by atoms with E-state index in [9.17, 15) is 40.0 Å². The zero-order chi connectivity index (χ0) is 42.2. The first-order valence-corrected chi connectivity index (χ1v) is 19.2. The first-order valence-electron chi connectivity index (χ1n) is 15.6. The third-order valence-electron chi connectivity index (χ3n) is 7.29. The minimum Gasteiger partial charge on any atom is -0.478 e. The van der Waals surface area contributed by atoms with Gasteiger partial charge < -0.3 is 15.5 Å². The van der Waals surface area contributed by atoms with Crippen molar-refractivity contribution in [3.8, 4) is 22.5 Å². The van der Waals surface area contributed by atoms with Gasteiger partial charge in [-0.2, -0.15) is 19.0 Å². The molecule has 18 nitrogen and oxygen atoms in total.